The molecule has 126 valence electrons. The van der Waals surface area contributed by atoms with Crippen molar-refractivity contribution >= 4 is 17.8 Å². The van der Waals surface area contributed by atoms with Crippen LogP contribution >= 0.6 is 0 Å². The number of rotatable bonds is 8. The zero-order valence-corrected chi connectivity index (χ0v) is 13.3. The molecule has 1 rings (SSSR count). The topological polar surface area (TPSA) is 103 Å². The Labute approximate surface area is 134 Å². The van der Waals surface area contributed by atoms with Crippen LogP contribution in [0.3, 0.4) is 0 Å². The molecular weight excluding hydrogens is 304 g/mol. The zero-order chi connectivity index (χ0) is 17.2. The molecule has 0 saturated carbocycles. The average Bonchev–Trinajstić information content (AvgIpc) is 2.57. The Morgan fingerprint density at radius 1 is 1.04 bits per heavy atom. The number of hydrogen-bond acceptors (Lipinski definition) is 6. The number of likely N-dealkylation sites (N-methyl/N-ethyl adjacent to an activating group) is 1. The van der Waals surface area contributed by atoms with E-state index in [1.165, 1.54) is 32.4 Å². The van der Waals surface area contributed by atoms with Crippen LogP contribution in [-0.2, 0) is 14.3 Å². The van der Waals surface area contributed by atoms with E-state index in [2.05, 4.69) is 15.4 Å². The van der Waals surface area contributed by atoms with E-state index in [-0.39, 0.29) is 19.1 Å². The van der Waals surface area contributed by atoms with Crippen LogP contribution in [0, 0.1) is 0 Å². The summed E-state index contributed by atoms with van der Waals surface area (Å²) in [5, 5.41) is 4.98. The number of carbonyl (C=O) groups excluding carboxylic acids is 3. The summed E-state index contributed by atoms with van der Waals surface area (Å²) in [4.78, 5) is 34.3. The molecule has 0 aliphatic heterocycles. The molecule has 0 heterocycles. The molecule has 8 nitrogen and oxygen atoms in total. The zero-order valence-electron chi connectivity index (χ0n) is 13.3. The predicted molar refractivity (Wildman–Crippen MR) is 81.5 cm³/mol. The maximum absolute atomic E-state index is 11.6. The van der Waals surface area contributed by atoms with E-state index in [9.17, 15) is 14.4 Å². The van der Waals surface area contributed by atoms with E-state index >= 15 is 0 Å². The van der Waals surface area contributed by atoms with E-state index in [1.54, 1.807) is 6.92 Å². The van der Waals surface area contributed by atoms with Gasteiger partial charge >= 0.3 is 5.97 Å². The molecule has 2 N–H and O–H groups in total. The number of hydrogen-bond donors (Lipinski definition) is 2. The number of nitrogens with one attached hydrogen (secondary N) is 2. The van der Waals surface area contributed by atoms with Crippen molar-refractivity contribution in [2.45, 2.75) is 6.92 Å². The SMILES string of the molecule is CCNC(=O)CNC(=O)COc1ccc(C(=O)OC)cc1OC. The molecule has 0 atom stereocenters. The number of amides is 2. The Balaban J connectivity index is 2.58. The second-order valence-electron chi connectivity index (χ2n) is 4.38. The van der Waals surface area contributed by atoms with E-state index in [0.717, 1.165) is 0 Å². The van der Waals surface area contributed by atoms with E-state index in [4.69, 9.17) is 9.47 Å². The molecule has 0 saturated heterocycles. The Hall–Kier alpha value is -2.77. The van der Waals surface area contributed by atoms with E-state index in [1.807, 2.05) is 0 Å². The first-order valence-electron chi connectivity index (χ1n) is 6.94. The molecule has 0 aromatic heterocycles. The highest BCUT2D eigenvalue weighted by atomic mass is 16.5. The monoisotopic (exact) mass is 324 g/mol. The Morgan fingerprint density at radius 2 is 1.78 bits per heavy atom. The predicted octanol–water partition coefficient (Wildman–Crippen LogP) is 0.113. The van der Waals surface area contributed by atoms with Gasteiger partial charge in [0.05, 0.1) is 26.3 Å². The minimum absolute atomic E-state index is 0.117. The van der Waals surface area contributed by atoms with Crippen LogP contribution < -0.4 is 20.1 Å². The summed E-state index contributed by atoms with van der Waals surface area (Å²) in [6, 6.07) is 4.45. The Bertz CT molecular complexity index is 573. The van der Waals surface area contributed by atoms with Gasteiger partial charge in [0.2, 0.25) is 5.91 Å². The van der Waals surface area contributed by atoms with Gasteiger partial charge < -0.3 is 24.8 Å². The first-order valence-corrected chi connectivity index (χ1v) is 6.94. The largest absolute Gasteiger partial charge is 0.493 e. The first kappa shape index (κ1) is 18.3. The van der Waals surface area contributed by atoms with Crippen molar-refractivity contribution in [3.05, 3.63) is 23.8 Å². The van der Waals surface area contributed by atoms with Gasteiger partial charge in [0.15, 0.2) is 18.1 Å². The maximum Gasteiger partial charge on any atom is 0.337 e. The third-order valence-corrected chi connectivity index (χ3v) is 2.76. The summed E-state index contributed by atoms with van der Waals surface area (Å²) < 4.78 is 15.1. The van der Waals surface area contributed by atoms with Crippen molar-refractivity contribution in [3.8, 4) is 11.5 Å². The molecule has 8 heteroatoms. The first-order chi connectivity index (χ1) is 11.0. The summed E-state index contributed by atoms with van der Waals surface area (Å²) >= 11 is 0. The van der Waals surface area contributed by atoms with Crippen molar-refractivity contribution in [3.63, 3.8) is 0 Å². The lowest BCUT2D eigenvalue weighted by Crippen LogP contribution is -2.38. The molecule has 2 amide bonds. The van der Waals surface area contributed by atoms with Crippen LogP contribution in [-0.4, -0.2) is 51.7 Å². The molecule has 23 heavy (non-hydrogen) atoms. The lowest BCUT2D eigenvalue weighted by molar-refractivity contribution is -0.127. The third kappa shape index (κ3) is 5.85. The quantitative estimate of drug-likeness (QED) is 0.658. The van der Waals surface area contributed by atoms with Gasteiger partial charge in [-0.2, -0.15) is 0 Å². The van der Waals surface area contributed by atoms with Crippen molar-refractivity contribution in [1.82, 2.24) is 10.6 Å². The summed E-state index contributed by atoms with van der Waals surface area (Å²) in [5.74, 6) is -0.636. The summed E-state index contributed by atoms with van der Waals surface area (Å²) in [5.41, 5.74) is 0.303. The van der Waals surface area contributed by atoms with Crippen LogP contribution in [0.2, 0.25) is 0 Å². The lowest BCUT2D eigenvalue weighted by Gasteiger charge is -2.11. The minimum Gasteiger partial charge on any atom is -0.493 e. The standard InChI is InChI=1S/C15H20N2O6/c1-4-16-13(18)8-17-14(19)9-23-11-6-5-10(15(20)22-3)7-12(11)21-2/h5-7H,4,8-9H2,1-3H3,(H,16,18)(H,17,19). The summed E-state index contributed by atoms with van der Waals surface area (Å²) in [7, 11) is 2.69. The number of carbonyl (C=O) groups is 3. The molecule has 1 aromatic carbocycles. The Kier molecular flexibility index (Phi) is 7.38. The average molecular weight is 324 g/mol. The fourth-order valence-electron chi connectivity index (χ4n) is 1.66. The number of methoxy groups -OCH3 is 2. The molecular formula is C15H20N2O6. The van der Waals surface area contributed by atoms with E-state index in [0.29, 0.717) is 23.6 Å². The molecule has 0 aliphatic rings. The smallest absolute Gasteiger partial charge is 0.337 e. The third-order valence-electron chi connectivity index (χ3n) is 2.76. The van der Waals surface area contributed by atoms with Crippen LogP contribution in [0.5, 0.6) is 11.5 Å². The second-order valence-corrected chi connectivity index (χ2v) is 4.38. The normalized spacial score (nSPS) is 9.70. The van der Waals surface area contributed by atoms with Crippen molar-refractivity contribution in [2.75, 3.05) is 33.9 Å². The highest BCUT2D eigenvalue weighted by Gasteiger charge is 2.13. The van der Waals surface area contributed by atoms with Gasteiger partial charge in [0.1, 0.15) is 0 Å². The highest BCUT2D eigenvalue weighted by Crippen LogP contribution is 2.28. The fourth-order valence-corrected chi connectivity index (χ4v) is 1.66. The fraction of sp³-hybridized carbons (Fsp3) is 0.400. The number of benzene rings is 1. The highest BCUT2D eigenvalue weighted by molar-refractivity contribution is 5.90. The number of esters is 1. The lowest BCUT2D eigenvalue weighted by atomic mass is 10.2. The van der Waals surface area contributed by atoms with Gasteiger partial charge in [-0.3, -0.25) is 9.59 Å². The minimum atomic E-state index is -0.505. The van der Waals surface area contributed by atoms with Crippen LogP contribution in [0.15, 0.2) is 18.2 Å². The van der Waals surface area contributed by atoms with Gasteiger partial charge in [0.25, 0.3) is 5.91 Å². The molecule has 0 aliphatic carbocycles. The Morgan fingerprint density at radius 3 is 2.39 bits per heavy atom. The van der Waals surface area contributed by atoms with Crippen molar-refractivity contribution in [2.24, 2.45) is 0 Å². The van der Waals surface area contributed by atoms with Crippen LogP contribution in [0.4, 0.5) is 0 Å². The van der Waals surface area contributed by atoms with Crippen LogP contribution in [0.1, 0.15) is 17.3 Å². The molecule has 0 bridgehead atoms. The number of ether oxygens (including phenoxy) is 3. The van der Waals surface area contributed by atoms with Crippen molar-refractivity contribution < 1.29 is 28.6 Å². The summed E-state index contributed by atoms with van der Waals surface area (Å²) in [6.45, 7) is 1.88. The molecule has 0 unspecified atom stereocenters. The molecule has 0 fully saturated rings. The molecule has 1 aromatic rings. The van der Waals surface area contributed by atoms with E-state index < -0.39 is 11.9 Å². The summed E-state index contributed by atoms with van der Waals surface area (Å²) in [6.07, 6.45) is 0. The van der Waals surface area contributed by atoms with Crippen molar-refractivity contribution in [1.29, 1.82) is 0 Å². The van der Waals surface area contributed by atoms with Gasteiger partial charge in [-0.15, -0.1) is 0 Å². The van der Waals surface area contributed by atoms with Gasteiger partial charge in [-0.25, -0.2) is 4.79 Å². The van der Waals surface area contributed by atoms with Gasteiger partial charge in [0, 0.05) is 6.54 Å². The maximum atomic E-state index is 11.6. The molecule has 0 radical (unpaired) electrons. The van der Waals surface area contributed by atoms with Crippen LogP contribution in [0.25, 0.3) is 0 Å². The van der Waals surface area contributed by atoms with Gasteiger partial charge in [-0.1, -0.05) is 0 Å². The second kappa shape index (κ2) is 9.29. The van der Waals surface area contributed by atoms with Gasteiger partial charge in [-0.05, 0) is 25.1 Å². The molecule has 0 spiro atoms.